The number of sulfonamides is 1. The van der Waals surface area contributed by atoms with Gasteiger partial charge in [-0.3, -0.25) is 24.4 Å². The fourth-order valence-electron chi connectivity index (χ4n) is 8.40. The third-order valence-corrected chi connectivity index (χ3v) is 14.2. The summed E-state index contributed by atoms with van der Waals surface area (Å²) >= 11 is 0. The van der Waals surface area contributed by atoms with Crippen molar-refractivity contribution in [1.29, 1.82) is 0 Å². The van der Waals surface area contributed by atoms with Gasteiger partial charge in [-0.15, -0.1) is 0 Å². The van der Waals surface area contributed by atoms with Gasteiger partial charge in [0.2, 0.25) is 34.1 Å². The zero-order valence-corrected chi connectivity index (χ0v) is 36.1. The molecule has 18 heteroatoms. The first-order valence-corrected chi connectivity index (χ1v) is 22.5. The molecular weight excluding hydrogens is 832 g/mol. The fraction of sp³-hybridized carbons (Fsp3) is 0.545. The van der Waals surface area contributed by atoms with Crippen LogP contribution in [-0.4, -0.2) is 102 Å². The second-order valence-electron chi connectivity index (χ2n) is 17.6. The number of ether oxygens (including phenoxy) is 3. The smallest absolute Gasteiger partial charge is 0.417 e. The summed E-state index contributed by atoms with van der Waals surface area (Å²) in [4.78, 5) is 49.6. The van der Waals surface area contributed by atoms with Gasteiger partial charge in [-0.05, 0) is 93.9 Å². The Morgan fingerprint density at radius 3 is 2.45 bits per heavy atom. The lowest BCUT2D eigenvalue weighted by molar-refractivity contribution is -0.310. The van der Waals surface area contributed by atoms with Crippen molar-refractivity contribution in [3.05, 3.63) is 66.7 Å². The van der Waals surface area contributed by atoms with E-state index in [1.54, 1.807) is 32.2 Å². The molecule has 0 bridgehead atoms. The summed E-state index contributed by atoms with van der Waals surface area (Å²) in [6.45, 7) is 5.01. The number of carbonyl (C=O) groups is 3. The van der Waals surface area contributed by atoms with Gasteiger partial charge in [-0.25, -0.2) is 13.4 Å². The second kappa shape index (κ2) is 17.4. The fourth-order valence-corrected chi connectivity index (χ4v) is 9.76. The number of benzene rings is 2. The molecule has 2 saturated carbocycles. The van der Waals surface area contributed by atoms with Gasteiger partial charge in [0.25, 0.3) is 5.91 Å². The van der Waals surface area contributed by atoms with Crippen LogP contribution in [0.1, 0.15) is 72.6 Å². The largest absolute Gasteiger partial charge is 0.497 e. The summed E-state index contributed by atoms with van der Waals surface area (Å²) < 4.78 is 86.8. The number of halogens is 3. The molecule has 3 fully saturated rings. The molecule has 2 aromatic carbocycles. The number of fused-ring (bicyclic) bond motifs is 3. The van der Waals surface area contributed by atoms with Gasteiger partial charge < -0.3 is 29.5 Å². The predicted octanol–water partition coefficient (Wildman–Crippen LogP) is 5.35. The van der Waals surface area contributed by atoms with Crippen molar-refractivity contribution in [3.63, 3.8) is 0 Å². The van der Waals surface area contributed by atoms with E-state index in [0.717, 1.165) is 24.8 Å². The van der Waals surface area contributed by atoms with Gasteiger partial charge in [0.15, 0.2) is 5.60 Å². The monoisotopic (exact) mass is 885 g/mol. The lowest BCUT2D eigenvalue weighted by atomic mass is 9.88. The van der Waals surface area contributed by atoms with Crippen LogP contribution in [0.15, 0.2) is 66.7 Å². The van der Waals surface area contributed by atoms with E-state index in [0.29, 0.717) is 48.9 Å². The number of nitrogens with zero attached hydrogens (tertiary/aromatic N) is 2. The van der Waals surface area contributed by atoms with Crippen molar-refractivity contribution in [1.82, 2.24) is 25.2 Å². The van der Waals surface area contributed by atoms with E-state index in [1.807, 2.05) is 55.5 Å². The van der Waals surface area contributed by atoms with Crippen LogP contribution in [0, 0.1) is 17.8 Å². The van der Waals surface area contributed by atoms with E-state index >= 15 is 0 Å². The highest BCUT2D eigenvalue weighted by molar-refractivity contribution is 7.91. The quantitative estimate of drug-likeness (QED) is 0.144. The van der Waals surface area contributed by atoms with Crippen LogP contribution in [0.4, 0.5) is 13.2 Å². The Labute approximate surface area is 359 Å². The molecule has 2 aliphatic carbocycles. The molecule has 8 unspecified atom stereocenters. The molecular formula is C44H54F3N5O9S. The lowest BCUT2D eigenvalue weighted by Crippen LogP contribution is -2.60. The number of methoxy groups -OCH3 is 1. The average molecular weight is 886 g/mol. The maximum Gasteiger partial charge on any atom is 0.417 e. The molecule has 8 atom stereocenters. The van der Waals surface area contributed by atoms with Crippen LogP contribution >= 0.6 is 0 Å². The Hall–Kier alpha value is -4.78. The van der Waals surface area contributed by atoms with E-state index in [2.05, 4.69) is 15.4 Å². The number of carbonyl (C=O) groups excluding carboxylic acids is 3. The number of nitrogens with one attached hydrogen (secondary N) is 3. The van der Waals surface area contributed by atoms with Crippen molar-refractivity contribution < 1.29 is 55.3 Å². The van der Waals surface area contributed by atoms with Crippen LogP contribution in [0.3, 0.4) is 0 Å². The minimum atomic E-state index is -4.86. The Kier molecular flexibility index (Phi) is 12.7. The molecule has 336 valence electrons. The van der Waals surface area contributed by atoms with Crippen molar-refractivity contribution in [3.8, 4) is 22.9 Å². The molecule has 2 aliphatic heterocycles. The molecule has 62 heavy (non-hydrogen) atoms. The minimum absolute atomic E-state index is 0.0161. The van der Waals surface area contributed by atoms with Crippen molar-refractivity contribution in [2.45, 2.75) is 120 Å². The number of hydrogen-bond acceptors (Lipinski definition) is 11. The number of amides is 3. The molecule has 1 saturated heterocycles. The van der Waals surface area contributed by atoms with Gasteiger partial charge in [0.1, 0.15) is 23.4 Å². The Balaban J connectivity index is 1.26. The molecule has 3 amide bonds. The predicted molar refractivity (Wildman–Crippen MR) is 223 cm³/mol. The standard InChI is InChI=1S/C44H54F3N5O9S/c1-25-11-9-10-14-29-23-43(29,40(55)51-62(57,58)32-16-17-32)50-37(53)35-22-31(24-52(35)39(54)36(26(2)19-25)49-41(56)61-42(3,4)44(45,46)47)60-38-33-18-15-30(59-5)20-28(33)21-34(48-38)27-12-7-6-8-13-27/h6-8,10,12-15,18,20-21,25-26,29,31-32,35-36,41,49,56H,9,11,16-17,19,22-24H2,1-5H3,(H,50,53)(H,51,55). The van der Waals surface area contributed by atoms with Crippen LogP contribution in [-0.2, 0) is 29.1 Å². The summed E-state index contributed by atoms with van der Waals surface area (Å²) in [6, 6.07) is 14.0. The van der Waals surface area contributed by atoms with E-state index < -0.39 is 86.7 Å². The maximum atomic E-state index is 15.0. The molecule has 3 heterocycles. The zero-order valence-electron chi connectivity index (χ0n) is 35.3. The summed E-state index contributed by atoms with van der Waals surface area (Å²) in [7, 11) is -2.44. The van der Waals surface area contributed by atoms with Gasteiger partial charge in [-0.1, -0.05) is 56.3 Å². The Morgan fingerprint density at radius 1 is 1.05 bits per heavy atom. The van der Waals surface area contributed by atoms with Crippen molar-refractivity contribution in [2.24, 2.45) is 17.8 Å². The maximum absolute atomic E-state index is 15.0. The van der Waals surface area contributed by atoms with Gasteiger partial charge >= 0.3 is 6.18 Å². The summed E-state index contributed by atoms with van der Waals surface area (Å²) in [5.74, 6) is -2.72. The highest BCUT2D eigenvalue weighted by atomic mass is 32.2. The number of aliphatic hydroxyl groups excluding tert-OH is 1. The van der Waals surface area contributed by atoms with E-state index in [-0.39, 0.29) is 31.2 Å². The molecule has 4 aliphatic rings. The normalized spacial score (nSPS) is 27.9. The number of aromatic nitrogens is 1. The highest BCUT2D eigenvalue weighted by Crippen LogP contribution is 2.46. The minimum Gasteiger partial charge on any atom is -0.497 e. The van der Waals surface area contributed by atoms with Crippen molar-refractivity contribution >= 4 is 38.5 Å². The number of alkyl halides is 3. The third kappa shape index (κ3) is 9.72. The van der Waals surface area contributed by atoms with Gasteiger partial charge in [-0.2, -0.15) is 13.2 Å². The number of aliphatic hydroxyl groups is 1. The lowest BCUT2D eigenvalue weighted by Gasteiger charge is -2.36. The number of hydrogen-bond donors (Lipinski definition) is 4. The number of allylic oxidation sites excluding steroid dienone is 1. The second-order valence-corrected chi connectivity index (χ2v) is 19.6. The molecule has 1 aromatic heterocycles. The highest BCUT2D eigenvalue weighted by Gasteiger charge is 2.62. The topological polar surface area (TPSA) is 185 Å². The first kappa shape index (κ1) is 45.3. The average Bonchev–Trinajstić information content (AvgIpc) is 4.14. The van der Waals surface area contributed by atoms with E-state index in [9.17, 15) is 41.1 Å². The van der Waals surface area contributed by atoms with Crippen LogP contribution in [0.5, 0.6) is 11.6 Å². The first-order valence-electron chi connectivity index (χ1n) is 21.0. The molecule has 0 spiro atoms. The zero-order chi connectivity index (χ0) is 44.8. The Morgan fingerprint density at radius 2 is 1.77 bits per heavy atom. The number of rotatable bonds is 11. The molecule has 3 aromatic rings. The summed E-state index contributed by atoms with van der Waals surface area (Å²) in [5, 5.41) is 17.0. The molecule has 7 rings (SSSR count). The van der Waals surface area contributed by atoms with Crippen LogP contribution in [0.2, 0.25) is 0 Å². The van der Waals surface area contributed by atoms with Gasteiger partial charge in [0, 0.05) is 23.3 Å². The van der Waals surface area contributed by atoms with Crippen LogP contribution in [0.25, 0.3) is 22.0 Å². The van der Waals surface area contributed by atoms with Crippen LogP contribution < -0.4 is 24.8 Å². The first-order chi connectivity index (χ1) is 29.2. The molecule has 4 N–H and O–H groups in total. The molecule has 0 radical (unpaired) electrons. The third-order valence-electron chi connectivity index (χ3n) is 12.4. The van der Waals surface area contributed by atoms with Gasteiger partial charge in [0.05, 0.1) is 30.6 Å². The van der Waals surface area contributed by atoms with E-state index in [1.165, 1.54) is 4.90 Å². The SMILES string of the molecule is COc1ccc2c(OC3CC4C(=O)NC5(C(=O)NS(=O)(=O)C6CC6)CC5C=CCCC(C)CC(C)C(NC(O)OC(C)(C)C(F)(F)F)C(=O)N4C3)nc(-c3ccccc3)cc2c1. The van der Waals surface area contributed by atoms with E-state index in [4.69, 9.17) is 19.2 Å². The Bertz CT molecular complexity index is 2310. The summed E-state index contributed by atoms with van der Waals surface area (Å²) in [6.07, 6.45) is -1.89. The van der Waals surface area contributed by atoms with Crippen molar-refractivity contribution in [2.75, 3.05) is 13.7 Å². The summed E-state index contributed by atoms with van der Waals surface area (Å²) in [5.41, 5.74) is -3.05. The number of pyridine rings is 1. The molecule has 14 nitrogen and oxygen atoms in total.